The van der Waals surface area contributed by atoms with E-state index in [4.69, 9.17) is 0 Å². The van der Waals surface area contributed by atoms with E-state index in [0.717, 1.165) is 19.3 Å². The molecule has 200 valence electrons. The Morgan fingerprint density at radius 1 is 0.676 bits per heavy atom. The minimum Gasteiger partial charge on any atom is -0.394 e. The molecule has 0 bridgehead atoms. The summed E-state index contributed by atoms with van der Waals surface area (Å²) >= 11 is 0. The molecule has 0 saturated heterocycles. The summed E-state index contributed by atoms with van der Waals surface area (Å²) in [5.74, 6) is -0.251. The van der Waals surface area contributed by atoms with Crippen LogP contribution < -0.4 is 5.32 Å². The number of allylic oxidation sites excluding steroid dienone is 3. The van der Waals surface area contributed by atoms with Crippen LogP contribution in [-0.2, 0) is 4.79 Å². The quantitative estimate of drug-likeness (QED) is 0.0924. The fraction of sp³-hybridized carbons (Fsp3) is 0.833. The molecule has 0 aliphatic rings. The Labute approximate surface area is 211 Å². The standard InChI is InChI=1S/C30H57NO3/c1-3-4-5-6-7-8-9-10-11-12-13-14-15-16-17-18-19-20-21-22-23-24-25-26-30(34)29(27-32)31-28(2)33/h21-22,25-26,29-30,32,34H,3-20,23-24,27H2,1-2H3,(H,31,33)/b22-21+,26-25+. The number of nitrogens with one attached hydrogen (secondary N) is 1. The molecule has 0 aliphatic heterocycles. The molecule has 0 aliphatic carbocycles. The van der Waals surface area contributed by atoms with Crippen LogP contribution in [0.5, 0.6) is 0 Å². The Balaban J connectivity index is 3.35. The van der Waals surface area contributed by atoms with Gasteiger partial charge in [0.15, 0.2) is 0 Å². The maximum Gasteiger partial charge on any atom is 0.217 e. The first kappa shape index (κ1) is 32.9. The van der Waals surface area contributed by atoms with Gasteiger partial charge in [-0.1, -0.05) is 134 Å². The molecule has 34 heavy (non-hydrogen) atoms. The molecule has 1 amide bonds. The Morgan fingerprint density at radius 3 is 1.53 bits per heavy atom. The maximum absolute atomic E-state index is 11.0. The van der Waals surface area contributed by atoms with Gasteiger partial charge in [-0.25, -0.2) is 0 Å². The monoisotopic (exact) mass is 479 g/mol. The fourth-order valence-electron chi connectivity index (χ4n) is 4.29. The van der Waals surface area contributed by atoms with Crippen LogP contribution in [0.3, 0.4) is 0 Å². The van der Waals surface area contributed by atoms with Gasteiger partial charge in [-0.15, -0.1) is 0 Å². The van der Waals surface area contributed by atoms with Gasteiger partial charge < -0.3 is 15.5 Å². The number of aliphatic hydroxyl groups is 2. The zero-order valence-electron chi connectivity index (χ0n) is 22.6. The third-order valence-electron chi connectivity index (χ3n) is 6.47. The van der Waals surface area contributed by atoms with Crippen molar-refractivity contribution in [2.24, 2.45) is 0 Å². The second-order valence-electron chi connectivity index (χ2n) is 9.90. The van der Waals surface area contributed by atoms with Crippen molar-refractivity contribution in [3.05, 3.63) is 24.3 Å². The van der Waals surface area contributed by atoms with E-state index in [0.29, 0.717) is 0 Å². The number of aliphatic hydroxyl groups excluding tert-OH is 2. The van der Waals surface area contributed by atoms with E-state index in [-0.39, 0.29) is 12.5 Å². The van der Waals surface area contributed by atoms with E-state index < -0.39 is 12.1 Å². The number of carbonyl (C=O) groups is 1. The van der Waals surface area contributed by atoms with Gasteiger partial charge in [0.25, 0.3) is 0 Å². The SMILES string of the molecule is CCCCCCCCCCCCCCCCCCC/C=C/CC/C=C/C(O)C(CO)NC(C)=O. The lowest BCUT2D eigenvalue weighted by Gasteiger charge is -2.18. The topological polar surface area (TPSA) is 69.6 Å². The van der Waals surface area contributed by atoms with Crippen molar-refractivity contribution in [3.63, 3.8) is 0 Å². The lowest BCUT2D eigenvalue weighted by Crippen LogP contribution is -2.44. The molecule has 0 fully saturated rings. The Morgan fingerprint density at radius 2 is 1.09 bits per heavy atom. The van der Waals surface area contributed by atoms with Crippen molar-refractivity contribution in [3.8, 4) is 0 Å². The van der Waals surface area contributed by atoms with Crippen LogP contribution >= 0.6 is 0 Å². The molecule has 0 aromatic carbocycles. The predicted octanol–water partition coefficient (Wildman–Crippen LogP) is 7.78. The van der Waals surface area contributed by atoms with Gasteiger partial charge in [-0.05, 0) is 25.7 Å². The van der Waals surface area contributed by atoms with Gasteiger partial charge in [0.1, 0.15) is 0 Å². The Bertz CT molecular complexity index is 489. The largest absolute Gasteiger partial charge is 0.394 e. The molecule has 0 radical (unpaired) electrons. The van der Waals surface area contributed by atoms with E-state index in [1.54, 1.807) is 6.08 Å². The van der Waals surface area contributed by atoms with Crippen molar-refractivity contribution in [1.82, 2.24) is 5.32 Å². The summed E-state index contributed by atoms with van der Waals surface area (Å²) in [7, 11) is 0. The molecule has 0 rings (SSSR count). The molecule has 0 aromatic heterocycles. The summed E-state index contributed by atoms with van der Waals surface area (Å²) in [6, 6.07) is -0.635. The van der Waals surface area contributed by atoms with Crippen LogP contribution in [0.25, 0.3) is 0 Å². The molecule has 0 saturated carbocycles. The van der Waals surface area contributed by atoms with Crippen molar-refractivity contribution in [2.45, 2.75) is 154 Å². The lowest BCUT2D eigenvalue weighted by molar-refractivity contribution is -0.120. The van der Waals surface area contributed by atoms with Crippen LogP contribution in [0.15, 0.2) is 24.3 Å². The smallest absolute Gasteiger partial charge is 0.217 e. The molecule has 0 spiro atoms. The number of hydrogen-bond donors (Lipinski definition) is 3. The molecule has 4 heteroatoms. The first-order valence-corrected chi connectivity index (χ1v) is 14.5. The first-order chi connectivity index (χ1) is 16.6. The van der Waals surface area contributed by atoms with Crippen molar-refractivity contribution < 1.29 is 15.0 Å². The first-order valence-electron chi connectivity index (χ1n) is 14.5. The lowest BCUT2D eigenvalue weighted by atomic mass is 10.0. The summed E-state index contributed by atoms with van der Waals surface area (Å²) < 4.78 is 0. The zero-order valence-corrected chi connectivity index (χ0v) is 22.6. The van der Waals surface area contributed by atoms with E-state index in [9.17, 15) is 15.0 Å². The van der Waals surface area contributed by atoms with Crippen molar-refractivity contribution in [2.75, 3.05) is 6.61 Å². The molecular weight excluding hydrogens is 422 g/mol. The number of carbonyl (C=O) groups excluding carboxylic acids is 1. The van der Waals surface area contributed by atoms with Gasteiger partial charge in [-0.3, -0.25) is 4.79 Å². The minimum atomic E-state index is -0.854. The molecule has 0 aromatic rings. The zero-order chi connectivity index (χ0) is 25.1. The van der Waals surface area contributed by atoms with Crippen LogP contribution in [0.1, 0.15) is 142 Å². The number of amides is 1. The molecule has 0 heterocycles. The average Bonchev–Trinajstić information content (AvgIpc) is 2.82. The summed E-state index contributed by atoms with van der Waals surface area (Å²) in [4.78, 5) is 11.0. The molecule has 3 N–H and O–H groups in total. The highest BCUT2D eigenvalue weighted by molar-refractivity contribution is 5.73. The minimum absolute atomic E-state index is 0.251. The van der Waals surface area contributed by atoms with Gasteiger partial charge >= 0.3 is 0 Å². The summed E-state index contributed by atoms with van der Waals surface area (Å²) in [6.07, 6.45) is 34.1. The van der Waals surface area contributed by atoms with Crippen LogP contribution in [0.2, 0.25) is 0 Å². The van der Waals surface area contributed by atoms with E-state index in [1.807, 2.05) is 6.08 Å². The predicted molar refractivity (Wildman–Crippen MR) is 147 cm³/mol. The van der Waals surface area contributed by atoms with Gasteiger partial charge in [-0.2, -0.15) is 0 Å². The Kier molecular flexibility index (Phi) is 25.6. The third kappa shape index (κ3) is 24.0. The third-order valence-corrected chi connectivity index (χ3v) is 6.47. The van der Waals surface area contributed by atoms with Crippen molar-refractivity contribution in [1.29, 1.82) is 0 Å². The number of unbranched alkanes of at least 4 members (excludes halogenated alkanes) is 18. The van der Waals surface area contributed by atoms with Gasteiger partial charge in [0, 0.05) is 6.92 Å². The van der Waals surface area contributed by atoms with E-state index >= 15 is 0 Å². The van der Waals surface area contributed by atoms with E-state index in [2.05, 4.69) is 24.4 Å². The average molecular weight is 480 g/mol. The van der Waals surface area contributed by atoms with Gasteiger partial charge in [0.05, 0.1) is 18.8 Å². The summed E-state index contributed by atoms with van der Waals surface area (Å²) in [5.41, 5.74) is 0. The summed E-state index contributed by atoms with van der Waals surface area (Å²) in [6.45, 7) is 3.39. The van der Waals surface area contributed by atoms with Crippen LogP contribution in [0.4, 0.5) is 0 Å². The molecule has 4 nitrogen and oxygen atoms in total. The highest BCUT2D eigenvalue weighted by Gasteiger charge is 2.15. The van der Waals surface area contributed by atoms with Gasteiger partial charge in [0.2, 0.25) is 5.91 Å². The number of rotatable bonds is 25. The normalized spacial score (nSPS) is 13.6. The second kappa shape index (κ2) is 26.5. The Hall–Kier alpha value is -1.13. The highest BCUT2D eigenvalue weighted by Crippen LogP contribution is 2.14. The van der Waals surface area contributed by atoms with Crippen LogP contribution in [0, 0.1) is 0 Å². The molecule has 2 atom stereocenters. The number of hydrogen-bond acceptors (Lipinski definition) is 3. The van der Waals surface area contributed by atoms with Crippen LogP contribution in [-0.4, -0.2) is 34.9 Å². The maximum atomic E-state index is 11.0. The van der Waals surface area contributed by atoms with Crippen molar-refractivity contribution >= 4 is 5.91 Å². The molecule has 2 unspecified atom stereocenters. The summed E-state index contributed by atoms with van der Waals surface area (Å²) in [5, 5.41) is 21.7. The second-order valence-corrected chi connectivity index (χ2v) is 9.90. The highest BCUT2D eigenvalue weighted by atomic mass is 16.3. The fourth-order valence-corrected chi connectivity index (χ4v) is 4.29. The molecular formula is C30H57NO3. The van der Waals surface area contributed by atoms with E-state index in [1.165, 1.54) is 116 Å².